The molecule has 0 saturated carbocycles. The molecule has 2 heterocycles. The minimum Gasteiger partial charge on any atom is -0.476 e. The van der Waals surface area contributed by atoms with Gasteiger partial charge in [-0.3, -0.25) is 0 Å². The summed E-state index contributed by atoms with van der Waals surface area (Å²) in [6, 6.07) is 3.64. The van der Waals surface area contributed by atoms with Gasteiger partial charge in [-0.2, -0.15) is 0 Å². The lowest BCUT2D eigenvalue weighted by Crippen LogP contribution is -2.40. The summed E-state index contributed by atoms with van der Waals surface area (Å²) in [5.74, 6) is -0.955. The Bertz CT molecular complexity index is 429. The number of aromatic nitrogens is 1. The number of carboxylic acid groups (broad SMARTS) is 1. The molecule has 0 radical (unpaired) electrons. The lowest BCUT2D eigenvalue weighted by molar-refractivity contribution is 0.0691. The van der Waals surface area contributed by atoms with Gasteiger partial charge in [-0.15, -0.1) is 0 Å². The van der Waals surface area contributed by atoms with E-state index in [-0.39, 0.29) is 11.1 Å². The van der Waals surface area contributed by atoms with Crippen LogP contribution >= 0.6 is 0 Å². The van der Waals surface area contributed by atoms with E-state index >= 15 is 0 Å². The summed E-state index contributed by atoms with van der Waals surface area (Å²) in [4.78, 5) is 17.2. The zero-order valence-corrected chi connectivity index (χ0v) is 10.3. The molecule has 1 aliphatic rings. The van der Waals surface area contributed by atoms with Crippen molar-refractivity contribution in [2.24, 2.45) is 5.41 Å². The molecule has 0 aliphatic carbocycles. The molecule has 2 rings (SSSR count). The average molecular weight is 234 g/mol. The number of carbonyl (C=O) groups is 1. The van der Waals surface area contributed by atoms with Crippen LogP contribution in [-0.2, 0) is 0 Å². The highest BCUT2D eigenvalue weighted by Crippen LogP contribution is 2.32. The predicted octanol–water partition coefficient (Wildman–Crippen LogP) is 2.41. The Hall–Kier alpha value is -1.58. The second-order valence-electron chi connectivity index (χ2n) is 5.37. The molecule has 0 bridgehead atoms. The summed E-state index contributed by atoms with van der Waals surface area (Å²) in [5.41, 5.74) is 1.14. The molecule has 1 N–H and O–H groups in total. The molecular weight excluding hydrogens is 216 g/mol. The summed E-state index contributed by atoms with van der Waals surface area (Å²) in [6.07, 6.45) is 3.81. The first-order valence-electron chi connectivity index (χ1n) is 5.93. The van der Waals surface area contributed by atoms with Crippen molar-refractivity contribution >= 4 is 11.7 Å². The number of piperidine rings is 1. The molecule has 4 heteroatoms. The largest absolute Gasteiger partial charge is 0.476 e. The van der Waals surface area contributed by atoms with E-state index in [0.29, 0.717) is 0 Å². The highest BCUT2D eigenvalue weighted by molar-refractivity contribution is 5.92. The molecule has 1 aliphatic heterocycles. The Morgan fingerprint density at radius 3 is 2.94 bits per heavy atom. The molecule has 0 atom stereocenters. The molecule has 0 amide bonds. The van der Waals surface area contributed by atoms with Crippen LogP contribution in [0.25, 0.3) is 0 Å². The first-order valence-corrected chi connectivity index (χ1v) is 5.93. The van der Waals surface area contributed by atoms with Crippen LogP contribution in [0.3, 0.4) is 0 Å². The van der Waals surface area contributed by atoms with Crippen LogP contribution in [0.4, 0.5) is 5.69 Å². The van der Waals surface area contributed by atoms with E-state index in [0.717, 1.165) is 25.2 Å². The summed E-state index contributed by atoms with van der Waals surface area (Å²) >= 11 is 0. The maximum Gasteiger partial charge on any atom is 0.356 e. The van der Waals surface area contributed by atoms with Gasteiger partial charge in [-0.05, 0) is 30.4 Å². The van der Waals surface area contributed by atoms with Crippen LogP contribution in [0.2, 0.25) is 0 Å². The van der Waals surface area contributed by atoms with E-state index in [1.807, 2.05) is 6.07 Å². The first-order chi connectivity index (χ1) is 7.99. The first kappa shape index (κ1) is 11.9. The van der Waals surface area contributed by atoms with Crippen molar-refractivity contribution in [3.8, 4) is 0 Å². The lowest BCUT2D eigenvalue weighted by atomic mass is 9.84. The van der Waals surface area contributed by atoms with E-state index in [9.17, 15) is 4.79 Å². The van der Waals surface area contributed by atoms with Crippen molar-refractivity contribution in [1.82, 2.24) is 4.98 Å². The number of aromatic carboxylic acids is 1. The predicted molar refractivity (Wildman–Crippen MR) is 66.4 cm³/mol. The van der Waals surface area contributed by atoms with Gasteiger partial charge in [0.1, 0.15) is 0 Å². The molecule has 1 fully saturated rings. The summed E-state index contributed by atoms with van der Waals surface area (Å²) < 4.78 is 0. The fourth-order valence-corrected chi connectivity index (χ4v) is 2.45. The van der Waals surface area contributed by atoms with E-state index in [4.69, 9.17) is 5.11 Å². The van der Waals surface area contributed by atoms with E-state index in [2.05, 4.69) is 23.7 Å². The molecule has 17 heavy (non-hydrogen) atoms. The number of anilines is 1. The quantitative estimate of drug-likeness (QED) is 0.853. The van der Waals surface area contributed by atoms with Crippen LogP contribution in [0.15, 0.2) is 18.3 Å². The van der Waals surface area contributed by atoms with Crippen molar-refractivity contribution in [2.45, 2.75) is 26.7 Å². The maximum absolute atomic E-state index is 11.1. The van der Waals surface area contributed by atoms with Crippen molar-refractivity contribution in [1.29, 1.82) is 0 Å². The van der Waals surface area contributed by atoms with E-state index in [1.165, 1.54) is 12.6 Å². The van der Waals surface area contributed by atoms with Gasteiger partial charge in [0, 0.05) is 19.3 Å². The molecule has 0 spiro atoms. The highest BCUT2D eigenvalue weighted by Gasteiger charge is 2.28. The fraction of sp³-hybridized carbons (Fsp3) is 0.538. The van der Waals surface area contributed by atoms with Crippen LogP contribution in [0, 0.1) is 5.41 Å². The Balaban J connectivity index is 2.30. The Kier molecular flexibility index (Phi) is 3.05. The zero-order valence-electron chi connectivity index (χ0n) is 10.3. The Morgan fingerprint density at radius 2 is 2.29 bits per heavy atom. The van der Waals surface area contributed by atoms with Crippen molar-refractivity contribution in [2.75, 3.05) is 18.0 Å². The molecule has 1 aromatic heterocycles. The van der Waals surface area contributed by atoms with E-state index < -0.39 is 5.97 Å². The highest BCUT2D eigenvalue weighted by atomic mass is 16.4. The second kappa shape index (κ2) is 4.35. The van der Waals surface area contributed by atoms with Crippen molar-refractivity contribution < 1.29 is 9.90 Å². The maximum atomic E-state index is 11.1. The molecule has 1 aromatic rings. The molecule has 92 valence electrons. The Labute approximate surface area is 101 Å². The number of nitrogens with zero attached hydrogens (tertiary/aromatic N) is 2. The monoisotopic (exact) mass is 234 g/mol. The number of pyridine rings is 1. The topological polar surface area (TPSA) is 53.4 Å². The fourth-order valence-electron chi connectivity index (χ4n) is 2.45. The van der Waals surface area contributed by atoms with E-state index in [1.54, 1.807) is 6.07 Å². The minimum absolute atomic E-state index is 0.158. The van der Waals surface area contributed by atoms with Gasteiger partial charge in [0.2, 0.25) is 0 Å². The van der Waals surface area contributed by atoms with Gasteiger partial charge in [0.25, 0.3) is 0 Å². The molecule has 0 unspecified atom stereocenters. The summed E-state index contributed by atoms with van der Waals surface area (Å²) in [5, 5.41) is 9.14. The summed E-state index contributed by atoms with van der Waals surface area (Å²) in [6.45, 7) is 6.24. The van der Waals surface area contributed by atoms with Gasteiger partial charge >= 0.3 is 5.97 Å². The normalized spacial score (nSPS) is 19.1. The third-order valence-corrected chi connectivity index (χ3v) is 3.23. The third-order valence-electron chi connectivity index (χ3n) is 3.23. The number of hydrogen-bond acceptors (Lipinski definition) is 3. The van der Waals surface area contributed by atoms with Gasteiger partial charge < -0.3 is 10.0 Å². The van der Waals surface area contributed by atoms with Crippen LogP contribution in [0.5, 0.6) is 0 Å². The van der Waals surface area contributed by atoms with Crippen LogP contribution in [0.1, 0.15) is 37.2 Å². The minimum atomic E-state index is -0.955. The molecule has 0 aromatic carbocycles. The average Bonchev–Trinajstić information content (AvgIpc) is 2.27. The van der Waals surface area contributed by atoms with Gasteiger partial charge in [0.15, 0.2) is 5.69 Å². The standard InChI is InChI=1S/C13H18N2O2/c1-13(2)6-4-8-15(9-13)10-5-3-7-14-11(10)12(16)17/h3,5,7H,4,6,8-9H2,1-2H3,(H,16,17). The van der Waals surface area contributed by atoms with Gasteiger partial charge in [0.05, 0.1) is 5.69 Å². The zero-order chi connectivity index (χ0) is 12.5. The van der Waals surface area contributed by atoms with Crippen molar-refractivity contribution in [3.05, 3.63) is 24.0 Å². The molecule has 1 saturated heterocycles. The van der Waals surface area contributed by atoms with Crippen molar-refractivity contribution in [3.63, 3.8) is 0 Å². The smallest absolute Gasteiger partial charge is 0.356 e. The van der Waals surface area contributed by atoms with Crippen LogP contribution < -0.4 is 4.90 Å². The second-order valence-corrected chi connectivity index (χ2v) is 5.37. The number of hydrogen-bond donors (Lipinski definition) is 1. The lowest BCUT2D eigenvalue weighted by Gasteiger charge is -2.39. The van der Waals surface area contributed by atoms with Gasteiger partial charge in [-0.1, -0.05) is 13.8 Å². The van der Waals surface area contributed by atoms with Gasteiger partial charge in [-0.25, -0.2) is 9.78 Å². The van der Waals surface area contributed by atoms with Crippen LogP contribution in [-0.4, -0.2) is 29.1 Å². The molecule has 4 nitrogen and oxygen atoms in total. The third kappa shape index (κ3) is 2.57. The number of rotatable bonds is 2. The Morgan fingerprint density at radius 1 is 1.53 bits per heavy atom. The SMILES string of the molecule is CC1(C)CCCN(c2cccnc2C(=O)O)C1. The number of carboxylic acids is 1. The molecular formula is C13H18N2O2. The summed E-state index contributed by atoms with van der Waals surface area (Å²) in [7, 11) is 0.